The minimum Gasteiger partial charge on any atom is -0.339 e. The quantitative estimate of drug-likeness (QED) is 0.823. The minimum atomic E-state index is 0.0934. The lowest BCUT2D eigenvalue weighted by Crippen LogP contribution is -2.41. The fraction of sp³-hybridized carbons (Fsp3) is 0.273. The summed E-state index contributed by atoms with van der Waals surface area (Å²) < 4.78 is 0. The standard InChI is InChI=1S/C11H11N5O/c17-11(16-6-1-7-16)9-4-2-8(3-5-9)10-12-14-15-13-10/h2-5H,1,6-7H2,(H,12,13,14,15). The van der Waals surface area contributed by atoms with Crippen molar-refractivity contribution < 1.29 is 4.79 Å². The van der Waals surface area contributed by atoms with Gasteiger partial charge in [0.2, 0.25) is 5.82 Å². The first kappa shape index (κ1) is 9.95. The van der Waals surface area contributed by atoms with Crippen LogP contribution < -0.4 is 0 Å². The van der Waals surface area contributed by atoms with E-state index >= 15 is 0 Å². The number of nitrogens with one attached hydrogen (secondary N) is 1. The SMILES string of the molecule is O=C(c1ccc(-c2nn[nH]n2)cc1)N1CCC1. The average molecular weight is 229 g/mol. The van der Waals surface area contributed by atoms with Gasteiger partial charge in [-0.25, -0.2) is 0 Å². The Hall–Kier alpha value is -2.24. The van der Waals surface area contributed by atoms with Gasteiger partial charge >= 0.3 is 0 Å². The Kier molecular flexibility index (Phi) is 2.32. The molecule has 1 aliphatic heterocycles. The highest BCUT2D eigenvalue weighted by Gasteiger charge is 2.21. The van der Waals surface area contributed by atoms with Crippen molar-refractivity contribution >= 4 is 5.91 Å². The van der Waals surface area contributed by atoms with Gasteiger partial charge in [-0.1, -0.05) is 12.1 Å². The summed E-state index contributed by atoms with van der Waals surface area (Å²) >= 11 is 0. The molecule has 86 valence electrons. The lowest BCUT2D eigenvalue weighted by Gasteiger charge is -2.30. The Morgan fingerprint density at radius 2 is 2.00 bits per heavy atom. The van der Waals surface area contributed by atoms with Crippen LogP contribution >= 0.6 is 0 Å². The average Bonchev–Trinajstić information content (AvgIpc) is 2.80. The van der Waals surface area contributed by atoms with Crippen LogP contribution in [-0.4, -0.2) is 44.5 Å². The topological polar surface area (TPSA) is 74.8 Å². The third-order valence-electron chi connectivity index (χ3n) is 2.88. The second kappa shape index (κ2) is 3.97. The molecule has 0 atom stereocenters. The number of hydrogen-bond donors (Lipinski definition) is 1. The van der Waals surface area contributed by atoms with Crippen molar-refractivity contribution in [3.63, 3.8) is 0 Å². The first-order valence-electron chi connectivity index (χ1n) is 5.48. The van der Waals surface area contributed by atoms with Crippen molar-refractivity contribution in [2.24, 2.45) is 0 Å². The molecule has 1 aromatic heterocycles. The number of hydrogen-bond acceptors (Lipinski definition) is 4. The predicted molar refractivity (Wildman–Crippen MR) is 60.1 cm³/mol. The van der Waals surface area contributed by atoms with Gasteiger partial charge in [0.1, 0.15) is 0 Å². The molecule has 0 saturated carbocycles. The Morgan fingerprint density at radius 1 is 1.24 bits per heavy atom. The molecule has 1 aliphatic rings. The molecule has 1 saturated heterocycles. The molecule has 6 nitrogen and oxygen atoms in total. The molecule has 2 heterocycles. The molecule has 1 aromatic carbocycles. The Bertz CT molecular complexity index is 515. The Morgan fingerprint density at radius 3 is 2.53 bits per heavy atom. The summed E-state index contributed by atoms with van der Waals surface area (Å²) in [5, 5.41) is 13.7. The summed E-state index contributed by atoms with van der Waals surface area (Å²) in [5.41, 5.74) is 1.55. The Balaban J connectivity index is 1.82. The molecular formula is C11H11N5O. The van der Waals surface area contributed by atoms with E-state index in [-0.39, 0.29) is 5.91 Å². The van der Waals surface area contributed by atoms with Gasteiger partial charge in [-0.2, -0.15) is 5.21 Å². The molecule has 3 rings (SSSR count). The van der Waals surface area contributed by atoms with E-state index in [2.05, 4.69) is 20.6 Å². The highest BCUT2D eigenvalue weighted by Crippen LogP contribution is 2.17. The van der Waals surface area contributed by atoms with E-state index in [9.17, 15) is 4.79 Å². The largest absolute Gasteiger partial charge is 0.339 e. The van der Waals surface area contributed by atoms with Gasteiger partial charge in [-0.05, 0) is 23.8 Å². The van der Waals surface area contributed by atoms with E-state index in [0.717, 1.165) is 25.1 Å². The first-order valence-corrected chi connectivity index (χ1v) is 5.48. The number of H-pyrrole nitrogens is 1. The highest BCUT2D eigenvalue weighted by atomic mass is 16.2. The fourth-order valence-corrected chi connectivity index (χ4v) is 1.75. The van der Waals surface area contributed by atoms with Crippen LogP contribution in [0.5, 0.6) is 0 Å². The number of benzene rings is 1. The van der Waals surface area contributed by atoms with Gasteiger partial charge in [0.25, 0.3) is 5.91 Å². The third kappa shape index (κ3) is 1.77. The maximum Gasteiger partial charge on any atom is 0.253 e. The zero-order valence-corrected chi connectivity index (χ0v) is 9.13. The molecule has 0 aliphatic carbocycles. The van der Waals surface area contributed by atoms with Crippen LogP contribution in [0.3, 0.4) is 0 Å². The number of rotatable bonds is 2. The van der Waals surface area contributed by atoms with E-state index in [4.69, 9.17) is 0 Å². The van der Waals surface area contributed by atoms with E-state index in [1.54, 1.807) is 12.1 Å². The van der Waals surface area contributed by atoms with E-state index in [0.29, 0.717) is 11.4 Å². The number of tetrazole rings is 1. The predicted octanol–water partition coefficient (Wildman–Crippen LogP) is 0.713. The monoisotopic (exact) mass is 229 g/mol. The summed E-state index contributed by atoms with van der Waals surface area (Å²) in [5.74, 6) is 0.629. The van der Waals surface area contributed by atoms with Crippen molar-refractivity contribution in [1.29, 1.82) is 0 Å². The number of nitrogens with zero attached hydrogens (tertiary/aromatic N) is 4. The lowest BCUT2D eigenvalue weighted by atomic mass is 10.1. The molecule has 1 fully saturated rings. The molecule has 17 heavy (non-hydrogen) atoms. The molecule has 0 spiro atoms. The van der Waals surface area contributed by atoms with Gasteiger partial charge < -0.3 is 4.90 Å². The van der Waals surface area contributed by atoms with Crippen LogP contribution in [0.25, 0.3) is 11.4 Å². The molecule has 0 radical (unpaired) electrons. The summed E-state index contributed by atoms with van der Waals surface area (Å²) in [6.07, 6.45) is 1.10. The highest BCUT2D eigenvalue weighted by molar-refractivity contribution is 5.95. The zero-order valence-electron chi connectivity index (χ0n) is 9.13. The van der Waals surface area contributed by atoms with Gasteiger partial charge in [0, 0.05) is 24.2 Å². The van der Waals surface area contributed by atoms with Crippen LogP contribution in [0.4, 0.5) is 0 Å². The maximum absolute atomic E-state index is 11.9. The smallest absolute Gasteiger partial charge is 0.253 e. The summed E-state index contributed by atoms with van der Waals surface area (Å²) in [6, 6.07) is 7.26. The van der Waals surface area contributed by atoms with Crippen LogP contribution in [0.1, 0.15) is 16.8 Å². The number of carbonyl (C=O) groups excluding carboxylic acids is 1. The number of aromatic amines is 1. The van der Waals surface area contributed by atoms with Crippen molar-refractivity contribution in [3.8, 4) is 11.4 Å². The molecule has 6 heteroatoms. The Labute approximate surface area is 97.6 Å². The normalized spacial score (nSPS) is 14.5. The van der Waals surface area contributed by atoms with Crippen molar-refractivity contribution in [1.82, 2.24) is 25.5 Å². The first-order chi connectivity index (χ1) is 8.34. The molecule has 0 bridgehead atoms. The van der Waals surface area contributed by atoms with Crippen LogP contribution in [0.15, 0.2) is 24.3 Å². The minimum absolute atomic E-state index is 0.0934. The second-order valence-electron chi connectivity index (χ2n) is 3.96. The van der Waals surface area contributed by atoms with Crippen molar-refractivity contribution in [2.45, 2.75) is 6.42 Å². The molecule has 2 aromatic rings. The molecule has 0 unspecified atom stereocenters. The summed E-state index contributed by atoms with van der Waals surface area (Å²) in [7, 11) is 0. The molecular weight excluding hydrogens is 218 g/mol. The van der Waals surface area contributed by atoms with Gasteiger partial charge in [-0.3, -0.25) is 4.79 Å². The van der Waals surface area contributed by atoms with Crippen molar-refractivity contribution in [3.05, 3.63) is 29.8 Å². The second-order valence-corrected chi connectivity index (χ2v) is 3.96. The number of likely N-dealkylation sites (tertiary alicyclic amines) is 1. The number of carbonyl (C=O) groups is 1. The van der Waals surface area contributed by atoms with Gasteiger partial charge in [0.15, 0.2) is 0 Å². The number of aromatic nitrogens is 4. The van der Waals surface area contributed by atoms with Crippen LogP contribution in [-0.2, 0) is 0 Å². The van der Waals surface area contributed by atoms with Gasteiger partial charge in [-0.15, -0.1) is 10.2 Å². The lowest BCUT2D eigenvalue weighted by molar-refractivity contribution is 0.0652. The van der Waals surface area contributed by atoms with Gasteiger partial charge in [0.05, 0.1) is 0 Å². The van der Waals surface area contributed by atoms with E-state index < -0.39 is 0 Å². The fourth-order valence-electron chi connectivity index (χ4n) is 1.75. The number of amides is 1. The zero-order chi connectivity index (χ0) is 11.7. The van der Waals surface area contributed by atoms with Crippen molar-refractivity contribution in [2.75, 3.05) is 13.1 Å². The molecule has 1 N–H and O–H groups in total. The van der Waals surface area contributed by atoms with Crippen LogP contribution in [0.2, 0.25) is 0 Å². The van der Waals surface area contributed by atoms with Crippen LogP contribution in [0, 0.1) is 0 Å². The molecule has 1 amide bonds. The summed E-state index contributed by atoms with van der Waals surface area (Å²) in [4.78, 5) is 13.7. The third-order valence-corrected chi connectivity index (χ3v) is 2.88. The maximum atomic E-state index is 11.9. The summed E-state index contributed by atoms with van der Waals surface area (Å²) in [6.45, 7) is 1.73. The van der Waals surface area contributed by atoms with E-state index in [1.807, 2.05) is 17.0 Å². The van der Waals surface area contributed by atoms with E-state index in [1.165, 1.54) is 0 Å².